The summed E-state index contributed by atoms with van der Waals surface area (Å²) < 4.78 is 29.8. The second kappa shape index (κ2) is 10.5. The molecule has 0 aliphatic carbocycles. The summed E-state index contributed by atoms with van der Waals surface area (Å²) in [6.07, 6.45) is 1.45. The van der Waals surface area contributed by atoms with Gasteiger partial charge in [0.1, 0.15) is 24.8 Å². The summed E-state index contributed by atoms with van der Waals surface area (Å²) >= 11 is 0. The topological polar surface area (TPSA) is 44.8 Å². The van der Waals surface area contributed by atoms with Crippen molar-refractivity contribution in [3.63, 3.8) is 0 Å². The van der Waals surface area contributed by atoms with Crippen LogP contribution in [0.25, 0.3) is 11.1 Å². The number of rotatable bonds is 10. The summed E-state index contributed by atoms with van der Waals surface area (Å²) in [5.74, 6) is 0.0201. The molecule has 0 atom stereocenters. The highest BCUT2D eigenvalue weighted by Gasteiger charge is 2.06. The van der Waals surface area contributed by atoms with Gasteiger partial charge in [-0.15, -0.1) is 0 Å². The SMILES string of the molecule is C=C(C)C(=O)OCCOc1ccc(-c2ccc(CCCOC)c(F)c2)cc1. The number of carbonyl (C=O) groups excluding carboxylic acids is 1. The van der Waals surface area contributed by atoms with Crippen LogP contribution in [0.1, 0.15) is 18.9 Å². The third kappa shape index (κ3) is 6.53. The van der Waals surface area contributed by atoms with Gasteiger partial charge >= 0.3 is 5.97 Å². The minimum Gasteiger partial charge on any atom is -0.490 e. The van der Waals surface area contributed by atoms with Gasteiger partial charge in [-0.25, -0.2) is 9.18 Å². The molecule has 2 aromatic carbocycles. The highest BCUT2D eigenvalue weighted by molar-refractivity contribution is 5.86. The maximum absolute atomic E-state index is 14.3. The van der Waals surface area contributed by atoms with Crippen LogP contribution in [0.2, 0.25) is 0 Å². The molecule has 4 nitrogen and oxygen atoms in total. The number of methoxy groups -OCH3 is 1. The molecule has 0 fully saturated rings. The summed E-state index contributed by atoms with van der Waals surface area (Å²) in [4.78, 5) is 11.3. The average molecular weight is 372 g/mol. The van der Waals surface area contributed by atoms with Gasteiger partial charge in [-0.3, -0.25) is 0 Å². The molecule has 0 aliphatic heterocycles. The van der Waals surface area contributed by atoms with E-state index in [0.29, 0.717) is 29.9 Å². The van der Waals surface area contributed by atoms with Crippen molar-refractivity contribution in [3.8, 4) is 16.9 Å². The molecule has 0 N–H and O–H groups in total. The molecule has 0 amide bonds. The molecule has 5 heteroatoms. The zero-order valence-electron chi connectivity index (χ0n) is 15.8. The third-order valence-corrected chi connectivity index (χ3v) is 3.97. The van der Waals surface area contributed by atoms with E-state index in [2.05, 4.69) is 6.58 Å². The van der Waals surface area contributed by atoms with Crippen molar-refractivity contribution in [1.82, 2.24) is 0 Å². The van der Waals surface area contributed by atoms with Crippen LogP contribution in [0, 0.1) is 5.82 Å². The summed E-state index contributed by atoms with van der Waals surface area (Å²) in [6, 6.07) is 12.6. The van der Waals surface area contributed by atoms with E-state index in [1.54, 1.807) is 32.2 Å². The average Bonchev–Trinajstić information content (AvgIpc) is 2.67. The Morgan fingerprint density at radius 1 is 1.04 bits per heavy atom. The van der Waals surface area contributed by atoms with Crippen LogP contribution in [0.5, 0.6) is 5.75 Å². The Hall–Kier alpha value is -2.66. The maximum atomic E-state index is 14.3. The van der Waals surface area contributed by atoms with Crippen LogP contribution in [0.15, 0.2) is 54.6 Å². The number of hydrogen-bond acceptors (Lipinski definition) is 4. The lowest BCUT2D eigenvalue weighted by molar-refractivity contribution is -0.139. The fourth-order valence-electron chi connectivity index (χ4n) is 2.50. The lowest BCUT2D eigenvalue weighted by Crippen LogP contribution is -2.12. The van der Waals surface area contributed by atoms with Crippen LogP contribution < -0.4 is 4.74 Å². The highest BCUT2D eigenvalue weighted by atomic mass is 19.1. The molecule has 0 spiro atoms. The largest absolute Gasteiger partial charge is 0.490 e. The molecule has 0 bridgehead atoms. The van der Waals surface area contributed by atoms with E-state index in [9.17, 15) is 9.18 Å². The second-order valence-electron chi connectivity index (χ2n) is 6.19. The Morgan fingerprint density at radius 3 is 2.37 bits per heavy atom. The first-order valence-corrected chi connectivity index (χ1v) is 8.84. The predicted octanol–water partition coefficient (Wildman–Crippen LogP) is 4.57. The minimum absolute atomic E-state index is 0.156. The normalized spacial score (nSPS) is 10.5. The molecule has 0 saturated carbocycles. The number of benzene rings is 2. The van der Waals surface area contributed by atoms with Crippen molar-refractivity contribution < 1.29 is 23.4 Å². The van der Waals surface area contributed by atoms with E-state index in [0.717, 1.165) is 17.5 Å². The van der Waals surface area contributed by atoms with Crippen LogP contribution in [0.3, 0.4) is 0 Å². The molecule has 2 rings (SSSR count). The number of aryl methyl sites for hydroxylation is 1. The van der Waals surface area contributed by atoms with Gasteiger partial charge in [0.15, 0.2) is 0 Å². The summed E-state index contributed by atoms with van der Waals surface area (Å²) in [7, 11) is 1.64. The summed E-state index contributed by atoms with van der Waals surface area (Å²) in [5.41, 5.74) is 2.76. The van der Waals surface area contributed by atoms with Gasteiger partial charge in [0.2, 0.25) is 0 Å². The summed E-state index contributed by atoms with van der Waals surface area (Å²) in [5, 5.41) is 0. The van der Waals surface area contributed by atoms with Crippen molar-refractivity contribution >= 4 is 5.97 Å². The van der Waals surface area contributed by atoms with E-state index in [1.807, 2.05) is 24.3 Å². The first-order valence-electron chi connectivity index (χ1n) is 8.84. The molecule has 2 aromatic rings. The lowest BCUT2D eigenvalue weighted by Gasteiger charge is -2.09. The first kappa shape index (κ1) is 20.6. The number of esters is 1. The van der Waals surface area contributed by atoms with Crippen molar-refractivity contribution in [2.75, 3.05) is 26.9 Å². The zero-order valence-corrected chi connectivity index (χ0v) is 15.8. The number of halogens is 1. The Morgan fingerprint density at radius 2 is 1.74 bits per heavy atom. The minimum atomic E-state index is -0.429. The molecular formula is C22H25FO4. The Balaban J connectivity index is 1.90. The fourth-order valence-corrected chi connectivity index (χ4v) is 2.50. The Bertz CT molecular complexity index is 768. The van der Waals surface area contributed by atoms with Gasteiger partial charge in [-0.05, 0) is 54.7 Å². The monoisotopic (exact) mass is 372 g/mol. The number of carbonyl (C=O) groups is 1. The Labute approximate surface area is 159 Å². The molecule has 0 unspecified atom stereocenters. The van der Waals surface area contributed by atoms with Crippen molar-refractivity contribution in [2.45, 2.75) is 19.8 Å². The van der Waals surface area contributed by atoms with Gasteiger partial charge in [-0.2, -0.15) is 0 Å². The smallest absolute Gasteiger partial charge is 0.333 e. The lowest BCUT2D eigenvalue weighted by atomic mass is 10.0. The van der Waals surface area contributed by atoms with Crippen molar-refractivity contribution in [3.05, 3.63) is 66.0 Å². The number of ether oxygens (including phenoxy) is 3. The molecule has 0 radical (unpaired) electrons. The standard InChI is InChI=1S/C22H25FO4/c1-16(2)22(24)27-14-13-26-20-10-8-17(9-11-20)19-7-6-18(21(23)15-19)5-4-12-25-3/h6-11,15H,1,4-5,12-14H2,2-3H3. The molecular weight excluding hydrogens is 347 g/mol. The first-order chi connectivity index (χ1) is 13.0. The van der Waals surface area contributed by atoms with Gasteiger partial charge in [0.25, 0.3) is 0 Å². The van der Waals surface area contributed by atoms with E-state index in [1.165, 1.54) is 0 Å². The number of hydrogen-bond donors (Lipinski definition) is 0. The highest BCUT2D eigenvalue weighted by Crippen LogP contribution is 2.25. The molecule has 0 aliphatic rings. The van der Waals surface area contributed by atoms with E-state index < -0.39 is 5.97 Å². The fraction of sp³-hybridized carbons (Fsp3) is 0.318. The maximum Gasteiger partial charge on any atom is 0.333 e. The van der Waals surface area contributed by atoms with E-state index >= 15 is 0 Å². The quantitative estimate of drug-likeness (QED) is 0.348. The van der Waals surface area contributed by atoms with Crippen molar-refractivity contribution in [1.29, 1.82) is 0 Å². The van der Waals surface area contributed by atoms with E-state index in [-0.39, 0.29) is 19.0 Å². The van der Waals surface area contributed by atoms with Crippen LogP contribution in [0.4, 0.5) is 4.39 Å². The van der Waals surface area contributed by atoms with Gasteiger partial charge in [0, 0.05) is 19.3 Å². The van der Waals surface area contributed by atoms with Gasteiger partial charge < -0.3 is 14.2 Å². The van der Waals surface area contributed by atoms with Gasteiger partial charge in [-0.1, -0.05) is 30.8 Å². The molecule has 0 saturated heterocycles. The molecule has 0 heterocycles. The zero-order chi connectivity index (χ0) is 19.6. The van der Waals surface area contributed by atoms with Crippen LogP contribution in [-0.4, -0.2) is 32.9 Å². The molecule has 144 valence electrons. The Kier molecular flexibility index (Phi) is 8.01. The molecule has 27 heavy (non-hydrogen) atoms. The predicted molar refractivity (Wildman–Crippen MR) is 103 cm³/mol. The molecule has 0 aromatic heterocycles. The third-order valence-electron chi connectivity index (χ3n) is 3.97. The van der Waals surface area contributed by atoms with E-state index in [4.69, 9.17) is 14.2 Å². The van der Waals surface area contributed by atoms with Crippen LogP contribution >= 0.6 is 0 Å². The van der Waals surface area contributed by atoms with Crippen molar-refractivity contribution in [2.24, 2.45) is 0 Å². The second-order valence-corrected chi connectivity index (χ2v) is 6.19. The summed E-state index contributed by atoms with van der Waals surface area (Å²) in [6.45, 7) is 6.14. The van der Waals surface area contributed by atoms with Gasteiger partial charge in [0.05, 0.1) is 0 Å². The van der Waals surface area contributed by atoms with Crippen LogP contribution in [-0.2, 0) is 20.7 Å².